The zero-order valence-electron chi connectivity index (χ0n) is 9.81. The molecule has 0 atom stereocenters. The lowest BCUT2D eigenvalue weighted by Crippen LogP contribution is -2.17. The second kappa shape index (κ2) is 5.82. The van der Waals surface area contributed by atoms with Crippen LogP contribution in [0.4, 0.5) is 18.9 Å². The monoisotopic (exact) mass is 303 g/mol. The minimum Gasteiger partial charge on any atom is -0.336 e. The van der Waals surface area contributed by atoms with Gasteiger partial charge in [-0.1, -0.05) is 11.8 Å². The molecule has 0 unspecified atom stereocenters. The Morgan fingerprint density at radius 2 is 2.10 bits per heavy atom. The van der Waals surface area contributed by atoms with Crippen LogP contribution < -0.4 is 11.2 Å². The van der Waals surface area contributed by atoms with Gasteiger partial charge in [0.25, 0.3) is 0 Å². The van der Waals surface area contributed by atoms with Crippen molar-refractivity contribution in [2.24, 2.45) is 0 Å². The van der Waals surface area contributed by atoms with Crippen LogP contribution in [0.5, 0.6) is 0 Å². The lowest BCUT2D eigenvalue weighted by molar-refractivity contribution is -0.113. The van der Waals surface area contributed by atoms with Crippen LogP contribution in [0.15, 0.2) is 23.6 Å². The maximum atomic E-state index is 13.3. The summed E-state index contributed by atoms with van der Waals surface area (Å²) >= 11 is 0.956. The first kappa shape index (κ1) is 14.2. The van der Waals surface area contributed by atoms with Crippen LogP contribution in [0.2, 0.25) is 0 Å². The van der Waals surface area contributed by atoms with E-state index < -0.39 is 29.0 Å². The number of carbonyl (C=O) groups excluding carboxylic acids is 1. The zero-order valence-corrected chi connectivity index (χ0v) is 10.6. The Morgan fingerprint density at radius 3 is 2.75 bits per heavy atom. The third-order valence-electron chi connectivity index (χ3n) is 2.18. The van der Waals surface area contributed by atoms with Crippen molar-refractivity contribution in [2.45, 2.75) is 5.16 Å². The number of hydrogen-bond donors (Lipinski definition) is 2. The number of benzene rings is 1. The molecule has 1 aromatic heterocycles. The number of anilines is 1. The van der Waals surface area contributed by atoms with Crippen molar-refractivity contribution in [1.29, 1.82) is 0 Å². The molecule has 0 fully saturated rings. The average molecular weight is 303 g/mol. The van der Waals surface area contributed by atoms with Crippen LogP contribution in [0.3, 0.4) is 0 Å². The van der Waals surface area contributed by atoms with Crippen LogP contribution in [-0.4, -0.2) is 26.5 Å². The predicted molar refractivity (Wildman–Crippen MR) is 65.8 cm³/mol. The highest BCUT2D eigenvalue weighted by Gasteiger charge is 2.15. The predicted octanol–water partition coefficient (Wildman–Crippen LogP) is 1.14. The number of nitrogen functional groups attached to an aromatic ring is 1. The summed E-state index contributed by atoms with van der Waals surface area (Å²) in [6, 6.07) is 1.65. The number of halogens is 3. The van der Waals surface area contributed by atoms with Gasteiger partial charge in [0, 0.05) is 0 Å². The van der Waals surface area contributed by atoms with Crippen LogP contribution in [0, 0.1) is 17.5 Å². The van der Waals surface area contributed by atoms with Crippen molar-refractivity contribution in [3.05, 3.63) is 35.9 Å². The van der Waals surface area contributed by atoms with E-state index in [0.29, 0.717) is 0 Å². The first-order chi connectivity index (χ1) is 9.49. The summed E-state index contributed by atoms with van der Waals surface area (Å²) in [5, 5.41) is 9.53. The maximum absolute atomic E-state index is 13.3. The van der Waals surface area contributed by atoms with Crippen molar-refractivity contribution < 1.29 is 18.0 Å². The van der Waals surface area contributed by atoms with Crippen LogP contribution in [-0.2, 0) is 4.79 Å². The van der Waals surface area contributed by atoms with Gasteiger partial charge in [-0.05, 0) is 12.1 Å². The van der Waals surface area contributed by atoms with Gasteiger partial charge < -0.3 is 11.2 Å². The second-order valence-corrected chi connectivity index (χ2v) is 4.52. The van der Waals surface area contributed by atoms with Crippen molar-refractivity contribution in [1.82, 2.24) is 14.9 Å². The Morgan fingerprint density at radius 1 is 1.35 bits per heavy atom. The van der Waals surface area contributed by atoms with E-state index in [4.69, 9.17) is 5.84 Å². The number of rotatable bonds is 4. The summed E-state index contributed by atoms with van der Waals surface area (Å²) in [5.74, 6) is 0.238. The molecule has 0 aliphatic rings. The molecule has 2 rings (SSSR count). The number of carbonyl (C=O) groups is 1. The normalized spacial score (nSPS) is 10.6. The van der Waals surface area contributed by atoms with Gasteiger partial charge in [-0.15, -0.1) is 10.2 Å². The summed E-state index contributed by atoms with van der Waals surface area (Å²) in [6.07, 6.45) is 1.25. The number of nitrogens with two attached hydrogens (primary N) is 1. The SMILES string of the molecule is Nn1cnnc1SCC(=O)Nc1ccc(F)c(F)c1F. The second-order valence-electron chi connectivity index (χ2n) is 3.58. The molecule has 0 saturated heterocycles. The van der Waals surface area contributed by atoms with Crippen molar-refractivity contribution in [3.63, 3.8) is 0 Å². The van der Waals surface area contributed by atoms with E-state index in [-0.39, 0.29) is 10.9 Å². The molecule has 1 heterocycles. The van der Waals surface area contributed by atoms with Gasteiger partial charge in [0.2, 0.25) is 11.1 Å². The Balaban J connectivity index is 1.98. The van der Waals surface area contributed by atoms with Crippen molar-refractivity contribution in [2.75, 3.05) is 16.9 Å². The summed E-state index contributed by atoms with van der Waals surface area (Å²) < 4.78 is 40.1. The molecule has 1 amide bonds. The van der Waals surface area contributed by atoms with Crippen molar-refractivity contribution >= 4 is 23.4 Å². The van der Waals surface area contributed by atoms with E-state index in [9.17, 15) is 18.0 Å². The Hall–Kier alpha value is -2.23. The standard InChI is InChI=1S/C10H8F3N5OS/c11-5-1-2-6(9(13)8(5)12)16-7(19)3-20-10-17-15-4-18(10)14/h1-2,4H,3,14H2,(H,16,19). The molecular formula is C10H8F3N5OS. The van der Waals surface area contributed by atoms with Gasteiger partial charge in [-0.25, -0.2) is 17.8 Å². The fourth-order valence-electron chi connectivity index (χ4n) is 1.27. The minimum absolute atomic E-state index is 0.145. The molecule has 0 aliphatic heterocycles. The fraction of sp³-hybridized carbons (Fsp3) is 0.100. The highest BCUT2D eigenvalue weighted by molar-refractivity contribution is 7.99. The quantitative estimate of drug-likeness (QED) is 0.502. The van der Waals surface area contributed by atoms with Gasteiger partial charge in [0.05, 0.1) is 11.4 Å². The van der Waals surface area contributed by atoms with Gasteiger partial charge in [-0.3, -0.25) is 4.79 Å². The molecule has 20 heavy (non-hydrogen) atoms. The lowest BCUT2D eigenvalue weighted by Gasteiger charge is -2.06. The lowest BCUT2D eigenvalue weighted by atomic mass is 10.3. The highest BCUT2D eigenvalue weighted by Crippen LogP contribution is 2.20. The molecule has 0 spiro atoms. The topological polar surface area (TPSA) is 85.8 Å². The number of nitrogens with one attached hydrogen (secondary N) is 1. The number of thioether (sulfide) groups is 1. The van der Waals surface area contributed by atoms with E-state index >= 15 is 0 Å². The minimum atomic E-state index is -1.64. The van der Waals surface area contributed by atoms with Crippen LogP contribution in [0.1, 0.15) is 0 Å². The third-order valence-corrected chi connectivity index (χ3v) is 3.14. The van der Waals surface area contributed by atoms with Gasteiger partial charge in [0.1, 0.15) is 6.33 Å². The summed E-state index contributed by atoms with van der Waals surface area (Å²) in [5.41, 5.74) is -0.441. The molecular weight excluding hydrogens is 295 g/mol. The molecule has 0 aliphatic carbocycles. The number of amides is 1. The third kappa shape index (κ3) is 3.02. The highest BCUT2D eigenvalue weighted by atomic mass is 32.2. The Bertz CT molecular complexity index is 648. The fourth-order valence-corrected chi connectivity index (χ4v) is 1.91. The van der Waals surface area contributed by atoms with E-state index in [2.05, 4.69) is 15.5 Å². The van der Waals surface area contributed by atoms with E-state index in [0.717, 1.165) is 28.6 Å². The Labute approximate surface area is 115 Å². The zero-order chi connectivity index (χ0) is 14.7. The molecule has 2 aromatic rings. The first-order valence-corrected chi connectivity index (χ1v) is 6.19. The molecule has 106 valence electrons. The van der Waals surface area contributed by atoms with Gasteiger partial charge in [-0.2, -0.15) is 0 Å². The van der Waals surface area contributed by atoms with E-state index in [1.807, 2.05) is 0 Å². The van der Waals surface area contributed by atoms with E-state index in [1.54, 1.807) is 0 Å². The smallest absolute Gasteiger partial charge is 0.234 e. The number of nitrogens with zero attached hydrogens (tertiary/aromatic N) is 3. The number of hydrogen-bond acceptors (Lipinski definition) is 5. The summed E-state index contributed by atoms with van der Waals surface area (Å²) in [4.78, 5) is 11.6. The van der Waals surface area contributed by atoms with Gasteiger partial charge >= 0.3 is 0 Å². The molecule has 6 nitrogen and oxygen atoms in total. The van der Waals surface area contributed by atoms with E-state index in [1.165, 1.54) is 6.33 Å². The molecule has 10 heteroatoms. The van der Waals surface area contributed by atoms with Crippen LogP contribution >= 0.6 is 11.8 Å². The summed E-state index contributed by atoms with van der Waals surface area (Å²) in [6.45, 7) is 0. The van der Waals surface area contributed by atoms with Crippen molar-refractivity contribution in [3.8, 4) is 0 Å². The first-order valence-electron chi connectivity index (χ1n) is 5.20. The Kier molecular flexibility index (Phi) is 4.13. The van der Waals surface area contributed by atoms with Gasteiger partial charge in [0.15, 0.2) is 17.5 Å². The molecule has 0 bridgehead atoms. The molecule has 3 N–H and O–H groups in total. The average Bonchev–Trinajstić information content (AvgIpc) is 2.83. The molecule has 1 aromatic carbocycles. The maximum Gasteiger partial charge on any atom is 0.234 e. The largest absolute Gasteiger partial charge is 0.336 e. The molecule has 0 radical (unpaired) electrons. The van der Waals surface area contributed by atoms with Crippen LogP contribution in [0.25, 0.3) is 0 Å². The molecule has 0 saturated carbocycles. The summed E-state index contributed by atoms with van der Waals surface area (Å²) in [7, 11) is 0. The number of aromatic nitrogens is 3.